The van der Waals surface area contributed by atoms with Gasteiger partial charge in [-0.2, -0.15) is 18.3 Å². The van der Waals surface area contributed by atoms with Crippen LogP contribution in [0, 0.1) is 11.6 Å². The van der Waals surface area contributed by atoms with Crippen LogP contribution in [0.2, 0.25) is 0 Å². The second-order valence-electron chi connectivity index (χ2n) is 8.80. The number of hydrogen-bond acceptors (Lipinski definition) is 4. The summed E-state index contributed by atoms with van der Waals surface area (Å²) in [5.41, 5.74) is 2.91. The number of carbonyl (C=O) groups is 2. The molecule has 4 N–H and O–H groups in total. The molecule has 4 rings (SSSR count). The van der Waals surface area contributed by atoms with Crippen molar-refractivity contribution >= 4 is 17.6 Å². The topological polar surface area (TPSA) is 120 Å². The molecule has 14 heteroatoms. The molecule has 1 atom stereocenters. The molecule has 0 bridgehead atoms. The number of rotatable bonds is 6. The molecule has 0 saturated carbocycles. The summed E-state index contributed by atoms with van der Waals surface area (Å²) in [6, 6.07) is 10.8. The van der Waals surface area contributed by atoms with Crippen molar-refractivity contribution in [1.82, 2.24) is 14.9 Å². The van der Waals surface area contributed by atoms with Crippen LogP contribution in [-0.4, -0.2) is 64.0 Å². The molecule has 214 valence electrons. The number of aromatic nitrogens is 2. The number of phenols is 1. The summed E-state index contributed by atoms with van der Waals surface area (Å²) in [7, 11) is 3.26. The van der Waals surface area contributed by atoms with E-state index in [-0.39, 0.29) is 23.9 Å². The fourth-order valence-electron chi connectivity index (χ4n) is 4.01. The maximum Gasteiger partial charge on any atom is 0.490 e. The number of amides is 2. The number of carboxylic acid groups (broad SMARTS) is 1. The second-order valence-corrected chi connectivity index (χ2v) is 8.80. The Labute approximate surface area is 225 Å². The quantitative estimate of drug-likeness (QED) is 0.383. The number of aromatic amines is 2. The number of methoxy groups -OCH3 is 1. The molecule has 2 aromatic carbocycles. The van der Waals surface area contributed by atoms with Crippen molar-refractivity contribution in [1.29, 1.82) is 0 Å². The molecule has 3 aromatic rings. The molecule has 0 fully saturated rings. The number of halogens is 5. The van der Waals surface area contributed by atoms with Crippen LogP contribution in [0.15, 0.2) is 54.6 Å². The number of carboxylic acids is 1. The highest BCUT2D eigenvalue weighted by molar-refractivity contribution is 5.82. The molecule has 2 heterocycles. The summed E-state index contributed by atoms with van der Waals surface area (Å²) in [6.45, 7) is 0.800. The predicted octanol–water partition coefficient (Wildman–Crippen LogP) is 4.28. The van der Waals surface area contributed by atoms with Gasteiger partial charge in [0.05, 0.1) is 18.3 Å². The van der Waals surface area contributed by atoms with Gasteiger partial charge in [-0.15, -0.1) is 5.10 Å². The van der Waals surface area contributed by atoms with Crippen molar-refractivity contribution < 1.29 is 51.6 Å². The van der Waals surface area contributed by atoms with E-state index in [9.17, 15) is 31.9 Å². The normalized spacial score (nSPS) is 14.8. The molecular weight excluding hydrogens is 543 g/mol. The fraction of sp³-hybridized carbons (Fsp3) is 0.269. The fourth-order valence-corrected chi connectivity index (χ4v) is 4.01. The Balaban J connectivity index is 0.000000559. The van der Waals surface area contributed by atoms with Crippen molar-refractivity contribution in [3.05, 3.63) is 88.8 Å². The summed E-state index contributed by atoms with van der Waals surface area (Å²) in [4.78, 5) is 25.4. The number of ether oxygens (including phenoxy) is 1. The minimum absolute atomic E-state index is 0.0552. The van der Waals surface area contributed by atoms with Gasteiger partial charge >= 0.3 is 18.2 Å². The molecule has 40 heavy (non-hydrogen) atoms. The third-order valence-corrected chi connectivity index (χ3v) is 5.78. The van der Waals surface area contributed by atoms with E-state index in [1.165, 1.54) is 11.0 Å². The van der Waals surface area contributed by atoms with Crippen LogP contribution in [0.1, 0.15) is 28.6 Å². The van der Waals surface area contributed by atoms with Crippen molar-refractivity contribution in [2.75, 3.05) is 20.7 Å². The lowest BCUT2D eigenvalue weighted by atomic mass is 10.0. The highest BCUT2D eigenvalue weighted by Gasteiger charge is 2.38. The number of alkyl halides is 3. The van der Waals surface area contributed by atoms with Gasteiger partial charge in [0.25, 0.3) is 0 Å². The summed E-state index contributed by atoms with van der Waals surface area (Å²) < 4.78 is 65.1. The number of nitrogens with one attached hydrogen (secondary N) is 2. The zero-order valence-electron chi connectivity index (χ0n) is 21.3. The first kappa shape index (κ1) is 30.1. The molecule has 0 radical (unpaired) electrons. The highest BCUT2D eigenvalue weighted by Crippen LogP contribution is 2.37. The van der Waals surface area contributed by atoms with Gasteiger partial charge in [0.2, 0.25) is 5.69 Å². The average Bonchev–Trinajstić information content (AvgIpc) is 3.52. The molecule has 9 nitrogen and oxygen atoms in total. The monoisotopic (exact) mass is 569 g/mol. The lowest BCUT2D eigenvalue weighted by molar-refractivity contribution is -0.464. The van der Waals surface area contributed by atoms with E-state index >= 15 is 0 Å². The Morgan fingerprint density at radius 1 is 1.18 bits per heavy atom. The zero-order valence-corrected chi connectivity index (χ0v) is 21.3. The Morgan fingerprint density at radius 2 is 1.88 bits per heavy atom. The van der Waals surface area contributed by atoms with Crippen LogP contribution in [-0.2, 0) is 22.7 Å². The Morgan fingerprint density at radius 3 is 2.50 bits per heavy atom. The predicted molar refractivity (Wildman–Crippen MR) is 131 cm³/mol. The minimum atomic E-state index is -5.08. The van der Waals surface area contributed by atoms with Crippen molar-refractivity contribution in [3.63, 3.8) is 0 Å². The van der Waals surface area contributed by atoms with E-state index < -0.39 is 29.8 Å². The number of H-pyrrole nitrogens is 2. The Kier molecular flexibility index (Phi) is 9.47. The molecule has 0 aliphatic carbocycles. The van der Waals surface area contributed by atoms with E-state index in [0.29, 0.717) is 24.3 Å². The molecule has 1 aliphatic rings. The van der Waals surface area contributed by atoms with Gasteiger partial charge in [-0.05, 0) is 41.5 Å². The molecule has 1 unspecified atom stereocenters. The SMILES string of the molecule is COCc1cc(CN(C)C(=O)N2CC(c3cc(F)ccc3F)=CC2c2cccc(O)c2)[nH][nH+]1.O=C(O)C(F)(F)F. The standard InChI is InChI=1S/C24H24F2N4O3.C2HF3O2/c1-29(13-18-11-19(14-33-2)28-27-18)24(32)30-12-16(21-10-17(25)6-7-22(21)26)9-23(30)15-4-3-5-20(31)8-15;3-2(4,5)1(6)7/h3-11,23,31H,12-14H2,1-2H3,(H,27,28);(H,6,7)/p+1. The number of benzene rings is 2. The third kappa shape index (κ3) is 7.56. The van der Waals surface area contributed by atoms with Crippen molar-refractivity contribution in [3.8, 4) is 5.75 Å². The first-order chi connectivity index (χ1) is 18.8. The van der Waals surface area contributed by atoms with Gasteiger partial charge < -0.3 is 24.7 Å². The van der Waals surface area contributed by atoms with Crippen LogP contribution < -0.4 is 5.10 Å². The lowest BCUT2D eigenvalue weighted by Gasteiger charge is -2.29. The largest absolute Gasteiger partial charge is 0.508 e. The summed E-state index contributed by atoms with van der Waals surface area (Å²) >= 11 is 0. The van der Waals surface area contributed by atoms with Crippen LogP contribution in [0.3, 0.4) is 0 Å². The van der Waals surface area contributed by atoms with Crippen LogP contribution >= 0.6 is 0 Å². The van der Waals surface area contributed by atoms with Gasteiger partial charge in [0.15, 0.2) is 0 Å². The van der Waals surface area contributed by atoms with E-state index in [1.807, 2.05) is 6.07 Å². The van der Waals surface area contributed by atoms with Crippen molar-refractivity contribution in [2.24, 2.45) is 0 Å². The van der Waals surface area contributed by atoms with Crippen LogP contribution in [0.25, 0.3) is 5.57 Å². The second kappa shape index (κ2) is 12.6. The first-order valence-corrected chi connectivity index (χ1v) is 11.6. The molecular formula is C26H26F5N4O5+. The van der Waals surface area contributed by atoms with Crippen LogP contribution in [0.4, 0.5) is 26.7 Å². The number of nitrogens with zero attached hydrogens (tertiary/aromatic N) is 2. The van der Waals surface area contributed by atoms with Gasteiger partial charge in [0.1, 0.15) is 24.0 Å². The lowest BCUT2D eigenvalue weighted by Crippen LogP contribution is -2.41. The number of hydrogen-bond donors (Lipinski definition) is 3. The molecule has 0 saturated heterocycles. The van der Waals surface area contributed by atoms with E-state index in [0.717, 1.165) is 29.6 Å². The van der Waals surface area contributed by atoms with Gasteiger partial charge in [-0.3, -0.25) is 0 Å². The summed E-state index contributed by atoms with van der Waals surface area (Å²) in [5.74, 6) is -3.82. The number of carbonyl (C=O) groups excluding carboxylic acids is 1. The van der Waals surface area contributed by atoms with E-state index in [2.05, 4.69) is 10.2 Å². The van der Waals surface area contributed by atoms with E-state index in [1.54, 1.807) is 43.3 Å². The molecule has 1 aliphatic heterocycles. The number of urea groups is 1. The third-order valence-electron chi connectivity index (χ3n) is 5.78. The smallest absolute Gasteiger partial charge is 0.490 e. The Bertz CT molecular complexity index is 1390. The first-order valence-electron chi connectivity index (χ1n) is 11.6. The Hall–Kier alpha value is -4.46. The molecule has 0 spiro atoms. The number of aromatic hydroxyl groups is 1. The zero-order chi connectivity index (χ0) is 29.6. The average molecular weight is 570 g/mol. The van der Waals surface area contributed by atoms with E-state index in [4.69, 9.17) is 14.6 Å². The number of phenolic OH excluding ortho intramolecular Hbond substituents is 1. The number of aliphatic carboxylic acids is 1. The summed E-state index contributed by atoms with van der Waals surface area (Å²) in [5, 5.41) is 23.1. The van der Waals surface area contributed by atoms with Gasteiger partial charge in [0, 0.05) is 32.3 Å². The van der Waals surface area contributed by atoms with Gasteiger partial charge in [-0.25, -0.2) is 18.4 Å². The summed E-state index contributed by atoms with van der Waals surface area (Å²) in [6.07, 6.45) is -3.35. The van der Waals surface area contributed by atoms with Crippen LogP contribution in [0.5, 0.6) is 5.75 Å². The van der Waals surface area contributed by atoms with Gasteiger partial charge in [-0.1, -0.05) is 18.2 Å². The molecule has 1 aromatic heterocycles. The maximum atomic E-state index is 14.5. The highest BCUT2D eigenvalue weighted by atomic mass is 19.4. The minimum Gasteiger partial charge on any atom is -0.508 e. The molecule has 2 amide bonds. The van der Waals surface area contributed by atoms with Crippen molar-refractivity contribution in [2.45, 2.75) is 25.4 Å². The maximum absolute atomic E-state index is 14.5.